The lowest BCUT2D eigenvalue weighted by molar-refractivity contribution is -0.110. The van der Waals surface area contributed by atoms with Gasteiger partial charge < -0.3 is 10.3 Å². The number of H-pyrrole nitrogens is 1. The average Bonchev–Trinajstić information content (AvgIpc) is 2.86. The third kappa shape index (κ3) is 1.78. The van der Waals surface area contributed by atoms with Crippen molar-refractivity contribution in [3.05, 3.63) is 51.8 Å². The number of benzene rings is 1. The smallest absolute Gasteiger partial charge is 0.256 e. The highest BCUT2D eigenvalue weighted by molar-refractivity contribution is 9.10. The number of aryl methyl sites for hydroxylation is 1. The molecule has 0 unspecified atom stereocenters. The molecule has 90 valence electrons. The van der Waals surface area contributed by atoms with Gasteiger partial charge in [0.25, 0.3) is 5.91 Å². The number of anilines is 1. The van der Waals surface area contributed by atoms with Crippen molar-refractivity contribution in [2.45, 2.75) is 6.92 Å². The maximum absolute atomic E-state index is 12.0. The van der Waals surface area contributed by atoms with Crippen molar-refractivity contribution in [1.82, 2.24) is 4.98 Å². The van der Waals surface area contributed by atoms with Crippen molar-refractivity contribution < 1.29 is 4.79 Å². The molecule has 1 aliphatic heterocycles. The van der Waals surface area contributed by atoms with Gasteiger partial charge >= 0.3 is 0 Å². The molecule has 2 aromatic rings. The van der Waals surface area contributed by atoms with Gasteiger partial charge in [-0.05, 0) is 42.8 Å². The zero-order valence-electron chi connectivity index (χ0n) is 9.75. The van der Waals surface area contributed by atoms with Gasteiger partial charge in [0.15, 0.2) is 0 Å². The molecular formula is C14H11BrN2O. The summed E-state index contributed by atoms with van der Waals surface area (Å²) >= 11 is 3.43. The van der Waals surface area contributed by atoms with Crippen LogP contribution in [-0.4, -0.2) is 10.9 Å². The molecule has 2 heterocycles. The molecule has 3 rings (SSSR count). The lowest BCUT2D eigenvalue weighted by atomic mass is 10.1. The molecule has 1 aliphatic rings. The fourth-order valence-corrected chi connectivity index (χ4v) is 2.42. The third-order valence-corrected chi connectivity index (χ3v) is 3.54. The van der Waals surface area contributed by atoms with Gasteiger partial charge in [0.2, 0.25) is 0 Å². The van der Waals surface area contributed by atoms with Crippen LogP contribution in [0.15, 0.2) is 34.9 Å². The first-order chi connectivity index (χ1) is 8.65. The van der Waals surface area contributed by atoms with E-state index in [4.69, 9.17) is 0 Å². The third-order valence-electron chi connectivity index (χ3n) is 3.05. The minimum atomic E-state index is -0.0582. The lowest BCUT2D eigenvalue weighted by Gasteiger charge is -1.99. The highest BCUT2D eigenvalue weighted by Gasteiger charge is 2.24. The first kappa shape index (κ1) is 11.3. The van der Waals surface area contributed by atoms with Gasteiger partial charge in [0.1, 0.15) is 0 Å². The Hall–Kier alpha value is -1.81. The molecule has 4 heteroatoms. The number of rotatable bonds is 1. The second-order valence-electron chi connectivity index (χ2n) is 4.28. The Kier molecular flexibility index (Phi) is 2.59. The largest absolute Gasteiger partial charge is 0.361 e. The van der Waals surface area contributed by atoms with Crippen molar-refractivity contribution in [2.24, 2.45) is 0 Å². The van der Waals surface area contributed by atoms with E-state index in [9.17, 15) is 4.79 Å². The van der Waals surface area contributed by atoms with Gasteiger partial charge in [-0.2, -0.15) is 0 Å². The predicted octanol–water partition coefficient (Wildman–Crippen LogP) is 3.58. The monoisotopic (exact) mass is 302 g/mol. The molecule has 0 radical (unpaired) electrons. The van der Waals surface area contributed by atoms with Crippen LogP contribution >= 0.6 is 15.9 Å². The van der Waals surface area contributed by atoms with Crippen LogP contribution < -0.4 is 5.32 Å². The molecule has 0 saturated carbocycles. The van der Waals surface area contributed by atoms with Gasteiger partial charge in [0, 0.05) is 27.6 Å². The van der Waals surface area contributed by atoms with Crippen LogP contribution in [0.5, 0.6) is 0 Å². The number of carbonyl (C=O) groups excluding carboxylic acids is 1. The predicted molar refractivity (Wildman–Crippen MR) is 76.2 cm³/mol. The second-order valence-corrected chi connectivity index (χ2v) is 5.19. The highest BCUT2D eigenvalue weighted by atomic mass is 79.9. The Labute approximate surface area is 113 Å². The topological polar surface area (TPSA) is 44.9 Å². The van der Waals surface area contributed by atoms with Crippen molar-refractivity contribution in [1.29, 1.82) is 0 Å². The lowest BCUT2D eigenvalue weighted by Crippen LogP contribution is -2.03. The van der Waals surface area contributed by atoms with Crippen LogP contribution in [0.3, 0.4) is 0 Å². The Balaban J connectivity index is 2.14. The summed E-state index contributed by atoms with van der Waals surface area (Å²) < 4.78 is 0.965. The fraction of sp³-hybridized carbons (Fsp3) is 0.0714. The summed E-state index contributed by atoms with van der Waals surface area (Å²) in [6.45, 7) is 2.01. The zero-order valence-corrected chi connectivity index (χ0v) is 11.3. The molecule has 0 saturated heterocycles. The quantitative estimate of drug-likeness (QED) is 0.777. The minimum absolute atomic E-state index is 0.0582. The standard InChI is InChI=1S/C14H11BrN2O/c1-8-4-5-16-13(8)7-11-10-6-9(15)2-3-12(10)17-14(11)18/h2-7,16H,1H3,(H,17,18). The van der Waals surface area contributed by atoms with Gasteiger partial charge in [-0.1, -0.05) is 15.9 Å². The van der Waals surface area contributed by atoms with Crippen LogP contribution in [0.2, 0.25) is 0 Å². The number of carbonyl (C=O) groups is 1. The van der Waals surface area contributed by atoms with Gasteiger partial charge in [-0.3, -0.25) is 4.79 Å². The maximum Gasteiger partial charge on any atom is 0.256 e. The molecular weight excluding hydrogens is 292 g/mol. The number of nitrogens with one attached hydrogen (secondary N) is 2. The van der Waals surface area contributed by atoms with E-state index in [-0.39, 0.29) is 5.91 Å². The van der Waals surface area contributed by atoms with Gasteiger partial charge in [0.05, 0.1) is 5.57 Å². The fourth-order valence-electron chi connectivity index (χ4n) is 2.06. The van der Waals surface area contributed by atoms with Crippen LogP contribution in [0.25, 0.3) is 11.6 Å². The summed E-state index contributed by atoms with van der Waals surface area (Å²) in [5.41, 5.74) is 4.57. The summed E-state index contributed by atoms with van der Waals surface area (Å²) in [7, 11) is 0. The Morgan fingerprint density at radius 1 is 1.28 bits per heavy atom. The van der Waals surface area contributed by atoms with Crippen molar-refractivity contribution in [2.75, 3.05) is 5.32 Å². The van der Waals surface area contributed by atoms with E-state index in [1.807, 2.05) is 43.5 Å². The van der Waals surface area contributed by atoms with Crippen LogP contribution in [0, 0.1) is 6.92 Å². The molecule has 0 aliphatic carbocycles. The first-order valence-electron chi connectivity index (χ1n) is 5.62. The maximum atomic E-state index is 12.0. The van der Waals surface area contributed by atoms with E-state index in [1.165, 1.54) is 0 Å². The molecule has 2 N–H and O–H groups in total. The van der Waals surface area contributed by atoms with Crippen molar-refractivity contribution >= 4 is 39.2 Å². The number of aromatic nitrogens is 1. The zero-order chi connectivity index (χ0) is 12.7. The summed E-state index contributed by atoms with van der Waals surface area (Å²) in [4.78, 5) is 15.1. The highest BCUT2D eigenvalue weighted by Crippen LogP contribution is 2.35. The van der Waals surface area contributed by atoms with E-state index in [0.29, 0.717) is 5.57 Å². The van der Waals surface area contributed by atoms with Crippen molar-refractivity contribution in [3.8, 4) is 0 Å². The Morgan fingerprint density at radius 3 is 2.83 bits per heavy atom. The number of halogens is 1. The number of hydrogen-bond acceptors (Lipinski definition) is 1. The Morgan fingerprint density at radius 2 is 2.11 bits per heavy atom. The number of hydrogen-bond donors (Lipinski definition) is 2. The molecule has 0 bridgehead atoms. The van der Waals surface area contributed by atoms with Crippen LogP contribution in [0.1, 0.15) is 16.8 Å². The van der Waals surface area contributed by atoms with Gasteiger partial charge in [-0.15, -0.1) is 0 Å². The minimum Gasteiger partial charge on any atom is -0.361 e. The average molecular weight is 303 g/mol. The molecule has 1 amide bonds. The van der Waals surface area contributed by atoms with Gasteiger partial charge in [-0.25, -0.2) is 0 Å². The summed E-state index contributed by atoms with van der Waals surface area (Å²) in [5, 5.41) is 2.86. The van der Waals surface area contributed by atoms with E-state index >= 15 is 0 Å². The van der Waals surface area contributed by atoms with Crippen LogP contribution in [0.4, 0.5) is 5.69 Å². The second kappa shape index (κ2) is 4.14. The van der Waals surface area contributed by atoms with Crippen molar-refractivity contribution in [3.63, 3.8) is 0 Å². The summed E-state index contributed by atoms with van der Waals surface area (Å²) in [6.07, 6.45) is 3.76. The van der Waals surface area contributed by atoms with E-state index in [0.717, 1.165) is 27.0 Å². The molecule has 3 nitrogen and oxygen atoms in total. The molecule has 0 atom stereocenters. The summed E-state index contributed by atoms with van der Waals surface area (Å²) in [6, 6.07) is 7.76. The van der Waals surface area contributed by atoms with E-state index in [2.05, 4.69) is 26.2 Å². The molecule has 0 fully saturated rings. The molecule has 1 aromatic carbocycles. The Bertz CT molecular complexity index is 670. The SMILES string of the molecule is Cc1cc[nH]c1C=C1C(=O)Nc2ccc(Br)cc21. The number of amides is 1. The van der Waals surface area contributed by atoms with E-state index in [1.54, 1.807) is 0 Å². The molecule has 18 heavy (non-hydrogen) atoms. The molecule has 1 aromatic heterocycles. The summed E-state index contributed by atoms with van der Waals surface area (Å²) in [5.74, 6) is -0.0582. The first-order valence-corrected chi connectivity index (χ1v) is 6.41. The van der Waals surface area contributed by atoms with Crippen LogP contribution in [-0.2, 0) is 4.79 Å². The number of aromatic amines is 1. The molecule has 0 spiro atoms. The van der Waals surface area contributed by atoms with E-state index < -0.39 is 0 Å². The normalized spacial score (nSPS) is 15.9. The number of fused-ring (bicyclic) bond motifs is 1.